The Bertz CT molecular complexity index is 845. The molecule has 0 aromatic carbocycles. The Hall–Kier alpha value is -2.47. The van der Waals surface area contributed by atoms with Crippen LogP contribution in [0.4, 0.5) is 0 Å². The fourth-order valence-corrected chi connectivity index (χ4v) is 2.56. The lowest BCUT2D eigenvalue weighted by Gasteiger charge is -2.21. The second-order valence-corrected chi connectivity index (χ2v) is 5.94. The SMILES string of the molecule is CC(C)[C@H](NC(=O)c1cnccc1Cl)c1nnc2ccccn12. The van der Waals surface area contributed by atoms with Gasteiger partial charge in [-0.3, -0.25) is 14.2 Å². The molecule has 0 saturated carbocycles. The molecular formula is C16H16ClN5O. The molecule has 118 valence electrons. The number of rotatable bonds is 4. The van der Waals surface area contributed by atoms with Gasteiger partial charge < -0.3 is 5.32 Å². The van der Waals surface area contributed by atoms with Gasteiger partial charge in [0.25, 0.3) is 5.91 Å². The summed E-state index contributed by atoms with van der Waals surface area (Å²) in [5.74, 6) is 0.528. The Morgan fingerprint density at radius 2 is 2.09 bits per heavy atom. The molecule has 1 N–H and O–H groups in total. The molecule has 6 nitrogen and oxygen atoms in total. The quantitative estimate of drug-likeness (QED) is 0.798. The van der Waals surface area contributed by atoms with Crippen molar-refractivity contribution in [3.63, 3.8) is 0 Å². The highest BCUT2D eigenvalue weighted by atomic mass is 35.5. The first-order chi connectivity index (χ1) is 11.1. The summed E-state index contributed by atoms with van der Waals surface area (Å²) in [6, 6.07) is 6.96. The van der Waals surface area contributed by atoms with Crippen LogP contribution >= 0.6 is 11.6 Å². The van der Waals surface area contributed by atoms with Crippen LogP contribution in [-0.4, -0.2) is 25.5 Å². The minimum Gasteiger partial charge on any atom is -0.342 e. The fraction of sp³-hybridized carbons (Fsp3) is 0.250. The van der Waals surface area contributed by atoms with Crippen molar-refractivity contribution in [2.24, 2.45) is 5.92 Å². The molecule has 0 unspecified atom stereocenters. The van der Waals surface area contributed by atoms with E-state index in [0.717, 1.165) is 5.65 Å². The van der Waals surface area contributed by atoms with Crippen LogP contribution in [0.1, 0.15) is 36.1 Å². The van der Waals surface area contributed by atoms with Crippen LogP contribution in [0.25, 0.3) is 5.65 Å². The van der Waals surface area contributed by atoms with Gasteiger partial charge in [0.2, 0.25) is 0 Å². The first-order valence-corrected chi connectivity index (χ1v) is 7.65. The predicted molar refractivity (Wildman–Crippen MR) is 87.3 cm³/mol. The number of nitrogens with one attached hydrogen (secondary N) is 1. The maximum absolute atomic E-state index is 12.5. The van der Waals surface area contributed by atoms with Gasteiger partial charge in [-0.25, -0.2) is 0 Å². The van der Waals surface area contributed by atoms with Crippen molar-refractivity contribution in [2.45, 2.75) is 19.9 Å². The van der Waals surface area contributed by atoms with Crippen molar-refractivity contribution in [2.75, 3.05) is 0 Å². The summed E-state index contributed by atoms with van der Waals surface area (Å²) in [5.41, 5.74) is 1.08. The van der Waals surface area contributed by atoms with Gasteiger partial charge in [-0.05, 0) is 24.1 Å². The highest BCUT2D eigenvalue weighted by Crippen LogP contribution is 2.22. The summed E-state index contributed by atoms with van der Waals surface area (Å²) >= 11 is 6.07. The number of halogens is 1. The molecule has 3 aromatic rings. The summed E-state index contributed by atoms with van der Waals surface area (Å²) in [4.78, 5) is 16.5. The summed E-state index contributed by atoms with van der Waals surface area (Å²) in [6.45, 7) is 4.03. The molecule has 0 fully saturated rings. The van der Waals surface area contributed by atoms with E-state index in [1.165, 1.54) is 6.20 Å². The third kappa shape index (κ3) is 3.03. The smallest absolute Gasteiger partial charge is 0.254 e. The van der Waals surface area contributed by atoms with E-state index in [-0.39, 0.29) is 17.9 Å². The average molecular weight is 330 g/mol. The first-order valence-electron chi connectivity index (χ1n) is 7.28. The molecule has 3 rings (SSSR count). The Labute approximate surface area is 138 Å². The van der Waals surface area contributed by atoms with E-state index in [4.69, 9.17) is 11.6 Å². The van der Waals surface area contributed by atoms with E-state index in [1.54, 1.807) is 12.3 Å². The third-order valence-corrected chi connectivity index (χ3v) is 3.91. The Morgan fingerprint density at radius 1 is 1.26 bits per heavy atom. The van der Waals surface area contributed by atoms with Gasteiger partial charge in [-0.1, -0.05) is 31.5 Å². The van der Waals surface area contributed by atoms with E-state index in [1.807, 2.05) is 42.6 Å². The summed E-state index contributed by atoms with van der Waals surface area (Å²) in [6.07, 6.45) is 4.88. The maximum Gasteiger partial charge on any atom is 0.254 e. The standard InChI is InChI=1S/C16H16ClN5O/c1-10(2)14(15-21-20-13-5-3-4-8-22(13)15)19-16(23)11-9-18-7-6-12(11)17/h3-10,14H,1-2H3,(H,19,23)/t14-/m0/s1. The second kappa shape index (κ2) is 6.34. The highest BCUT2D eigenvalue weighted by molar-refractivity contribution is 6.33. The highest BCUT2D eigenvalue weighted by Gasteiger charge is 2.24. The van der Waals surface area contributed by atoms with Crippen LogP contribution in [0.5, 0.6) is 0 Å². The van der Waals surface area contributed by atoms with Gasteiger partial charge in [0.15, 0.2) is 11.5 Å². The molecule has 0 aliphatic carbocycles. The second-order valence-electron chi connectivity index (χ2n) is 5.54. The van der Waals surface area contributed by atoms with Gasteiger partial charge in [0, 0.05) is 18.6 Å². The zero-order valence-corrected chi connectivity index (χ0v) is 13.5. The molecule has 7 heteroatoms. The molecule has 1 atom stereocenters. The number of amides is 1. The van der Waals surface area contributed by atoms with Crippen LogP contribution in [0.2, 0.25) is 5.02 Å². The van der Waals surface area contributed by atoms with Crippen molar-refractivity contribution >= 4 is 23.2 Å². The third-order valence-electron chi connectivity index (χ3n) is 3.58. The van der Waals surface area contributed by atoms with E-state index < -0.39 is 0 Å². The molecular weight excluding hydrogens is 314 g/mol. The zero-order valence-electron chi connectivity index (χ0n) is 12.8. The normalized spacial score (nSPS) is 12.5. The van der Waals surface area contributed by atoms with Crippen LogP contribution in [-0.2, 0) is 0 Å². The number of hydrogen-bond acceptors (Lipinski definition) is 4. The van der Waals surface area contributed by atoms with Gasteiger partial charge in [0.1, 0.15) is 0 Å². The molecule has 23 heavy (non-hydrogen) atoms. The number of nitrogens with zero attached hydrogens (tertiary/aromatic N) is 4. The number of pyridine rings is 2. The van der Waals surface area contributed by atoms with E-state index in [2.05, 4.69) is 20.5 Å². The molecule has 0 radical (unpaired) electrons. The molecule has 1 amide bonds. The monoisotopic (exact) mass is 329 g/mol. The van der Waals surface area contributed by atoms with E-state index in [0.29, 0.717) is 16.4 Å². The topological polar surface area (TPSA) is 72.2 Å². The molecule has 0 aliphatic rings. The number of carbonyl (C=O) groups is 1. The Kier molecular flexibility index (Phi) is 4.25. The molecule has 3 heterocycles. The zero-order chi connectivity index (χ0) is 16.4. The summed E-state index contributed by atoms with van der Waals surface area (Å²) < 4.78 is 1.87. The maximum atomic E-state index is 12.5. The van der Waals surface area contributed by atoms with Crippen molar-refractivity contribution in [3.05, 3.63) is 59.3 Å². The number of carbonyl (C=O) groups excluding carboxylic acids is 1. The van der Waals surface area contributed by atoms with Gasteiger partial charge in [-0.2, -0.15) is 0 Å². The Morgan fingerprint density at radius 3 is 2.83 bits per heavy atom. The van der Waals surface area contributed by atoms with Crippen molar-refractivity contribution in [1.82, 2.24) is 24.9 Å². The van der Waals surface area contributed by atoms with E-state index >= 15 is 0 Å². The van der Waals surface area contributed by atoms with Gasteiger partial charge >= 0.3 is 0 Å². The van der Waals surface area contributed by atoms with Gasteiger partial charge in [0.05, 0.1) is 16.6 Å². The lowest BCUT2D eigenvalue weighted by atomic mass is 10.0. The van der Waals surface area contributed by atoms with Crippen LogP contribution < -0.4 is 5.32 Å². The van der Waals surface area contributed by atoms with Crippen LogP contribution in [0.3, 0.4) is 0 Å². The number of aromatic nitrogens is 4. The lowest BCUT2D eigenvalue weighted by molar-refractivity contribution is 0.0922. The number of fused-ring (bicyclic) bond motifs is 1. The molecule has 0 saturated heterocycles. The van der Waals surface area contributed by atoms with Crippen molar-refractivity contribution < 1.29 is 4.79 Å². The number of hydrogen-bond donors (Lipinski definition) is 1. The molecule has 0 bridgehead atoms. The molecule has 0 spiro atoms. The predicted octanol–water partition coefficient (Wildman–Crippen LogP) is 2.90. The largest absolute Gasteiger partial charge is 0.342 e. The van der Waals surface area contributed by atoms with Crippen LogP contribution in [0, 0.1) is 5.92 Å². The minimum absolute atomic E-state index is 0.127. The molecule has 3 aromatic heterocycles. The summed E-state index contributed by atoms with van der Waals surface area (Å²) in [5, 5.41) is 11.7. The van der Waals surface area contributed by atoms with E-state index in [9.17, 15) is 4.79 Å². The minimum atomic E-state index is -0.295. The van der Waals surface area contributed by atoms with Crippen LogP contribution in [0.15, 0.2) is 42.9 Å². The fourth-order valence-electron chi connectivity index (χ4n) is 2.36. The van der Waals surface area contributed by atoms with Gasteiger partial charge in [-0.15, -0.1) is 10.2 Å². The average Bonchev–Trinajstić information content (AvgIpc) is 2.96. The van der Waals surface area contributed by atoms with Crippen molar-refractivity contribution in [3.8, 4) is 0 Å². The van der Waals surface area contributed by atoms with Crippen molar-refractivity contribution in [1.29, 1.82) is 0 Å². The molecule has 0 aliphatic heterocycles. The summed E-state index contributed by atoms with van der Waals surface area (Å²) in [7, 11) is 0. The lowest BCUT2D eigenvalue weighted by Crippen LogP contribution is -2.33. The Balaban J connectivity index is 1.94. The first kappa shape index (κ1) is 15.4.